The molecule has 0 saturated heterocycles. The smallest absolute Gasteiger partial charge is 0.00264 e. The molecular formula is C63H74. The van der Waals surface area contributed by atoms with Gasteiger partial charge in [0.2, 0.25) is 0 Å². The van der Waals surface area contributed by atoms with Crippen LogP contribution in [0.5, 0.6) is 0 Å². The molecule has 63 heavy (non-hydrogen) atoms. The molecule has 3 unspecified atom stereocenters. The third-order valence-electron chi connectivity index (χ3n) is 12.7. The van der Waals surface area contributed by atoms with Crippen LogP contribution in [-0.4, -0.2) is 0 Å². The molecule has 0 radical (unpaired) electrons. The Morgan fingerprint density at radius 2 is 1.10 bits per heavy atom. The van der Waals surface area contributed by atoms with E-state index in [1.165, 1.54) is 88.0 Å². The Morgan fingerprint density at radius 1 is 0.508 bits per heavy atom. The first-order valence-electron chi connectivity index (χ1n) is 23.7. The highest BCUT2D eigenvalue weighted by molar-refractivity contribution is 6.18. The Morgan fingerprint density at radius 3 is 1.78 bits per heavy atom. The molecule has 0 aromatic heterocycles. The molecule has 3 atom stereocenters. The van der Waals surface area contributed by atoms with E-state index in [4.69, 9.17) is 0 Å². The van der Waals surface area contributed by atoms with Crippen LogP contribution >= 0.6 is 0 Å². The molecule has 0 spiro atoms. The molecule has 0 heterocycles. The molecule has 0 fully saturated rings. The summed E-state index contributed by atoms with van der Waals surface area (Å²) in [7, 11) is 0. The first kappa shape index (κ1) is 48.3. The first-order valence-corrected chi connectivity index (χ1v) is 23.7. The predicted octanol–water partition coefficient (Wildman–Crippen LogP) is 19.4. The Bertz CT molecular complexity index is 2660. The van der Waals surface area contributed by atoms with Gasteiger partial charge in [0.1, 0.15) is 0 Å². The summed E-state index contributed by atoms with van der Waals surface area (Å²) < 4.78 is 0. The van der Waals surface area contributed by atoms with Crippen LogP contribution in [0.25, 0.3) is 54.6 Å². The van der Waals surface area contributed by atoms with Crippen LogP contribution in [0.4, 0.5) is 0 Å². The highest BCUT2D eigenvalue weighted by Gasteiger charge is 2.20. The first-order chi connectivity index (χ1) is 30.4. The maximum Gasteiger partial charge on any atom is -0.00264 e. The van der Waals surface area contributed by atoms with Crippen molar-refractivity contribution in [1.82, 2.24) is 0 Å². The van der Waals surface area contributed by atoms with E-state index in [9.17, 15) is 0 Å². The van der Waals surface area contributed by atoms with Gasteiger partial charge in [0, 0.05) is 0 Å². The summed E-state index contributed by atoms with van der Waals surface area (Å²) >= 11 is 0. The maximum atomic E-state index is 2.48. The topological polar surface area (TPSA) is 0 Å². The predicted molar refractivity (Wildman–Crippen MR) is 285 cm³/mol. The second kappa shape index (κ2) is 23.6. The maximum absolute atomic E-state index is 2.48. The van der Waals surface area contributed by atoms with Crippen molar-refractivity contribution in [3.05, 3.63) is 203 Å². The van der Waals surface area contributed by atoms with Crippen molar-refractivity contribution in [2.24, 2.45) is 23.7 Å². The van der Waals surface area contributed by atoms with E-state index in [2.05, 4.69) is 253 Å². The molecule has 5 rings (SSSR count). The number of allylic oxidation sites excluding steroid dienone is 20. The van der Waals surface area contributed by atoms with E-state index in [-0.39, 0.29) is 0 Å². The molecule has 0 amide bonds. The summed E-state index contributed by atoms with van der Waals surface area (Å²) in [5.41, 5.74) is 12.8. The number of hydrogen-bond donors (Lipinski definition) is 0. The Kier molecular flexibility index (Phi) is 18.1. The van der Waals surface area contributed by atoms with Crippen molar-refractivity contribution in [1.29, 1.82) is 0 Å². The van der Waals surface area contributed by atoms with E-state index in [0.29, 0.717) is 23.7 Å². The van der Waals surface area contributed by atoms with Gasteiger partial charge in [-0.3, -0.25) is 0 Å². The van der Waals surface area contributed by atoms with E-state index < -0.39 is 0 Å². The van der Waals surface area contributed by atoms with E-state index >= 15 is 0 Å². The highest BCUT2D eigenvalue weighted by atomic mass is 14.2. The van der Waals surface area contributed by atoms with Crippen LogP contribution in [-0.2, 0) is 0 Å². The molecule has 0 bridgehead atoms. The van der Waals surface area contributed by atoms with Crippen molar-refractivity contribution in [2.75, 3.05) is 0 Å². The van der Waals surface area contributed by atoms with Crippen LogP contribution in [0.1, 0.15) is 113 Å². The van der Waals surface area contributed by atoms with Crippen molar-refractivity contribution in [3.8, 4) is 11.1 Å². The van der Waals surface area contributed by atoms with Gasteiger partial charge < -0.3 is 0 Å². The third-order valence-corrected chi connectivity index (χ3v) is 12.7. The standard InChI is InChI=1S/C63H74/c1-13-45(6)25-16-18-27-48(9)50(11)35-37-54(41-44(4)5)63-59-33-23-22-32-58(59)62(55(42-47(8)15-3)38-36-51(12)49(10)28-19-17-26-46(7)14-2)60-40-39-53(43-61(60)63)57-34-24-30-52-29-20-21-31-56(52)57/h16-45,48,50H,13-15H2,1-12H3/b19-17-,25-16-,27-18-,37-35-,46-26+,47-42-,49-28+,51-36+,54-41+,55-38+. The van der Waals surface area contributed by atoms with Crippen LogP contribution in [0, 0.1) is 23.7 Å². The van der Waals surface area contributed by atoms with Gasteiger partial charge >= 0.3 is 0 Å². The van der Waals surface area contributed by atoms with Gasteiger partial charge in [-0.2, -0.15) is 0 Å². The second-order valence-corrected chi connectivity index (χ2v) is 18.1. The van der Waals surface area contributed by atoms with Crippen molar-refractivity contribution < 1.29 is 0 Å². The van der Waals surface area contributed by atoms with Gasteiger partial charge in [0.15, 0.2) is 0 Å². The zero-order valence-corrected chi connectivity index (χ0v) is 40.6. The summed E-state index contributed by atoms with van der Waals surface area (Å²) in [6.07, 6.45) is 35.5. The molecule has 5 aromatic rings. The minimum absolute atomic E-state index is 0.355. The lowest BCUT2D eigenvalue weighted by molar-refractivity contribution is 0.558. The second-order valence-electron chi connectivity index (χ2n) is 18.1. The van der Waals surface area contributed by atoms with Crippen LogP contribution in [0.3, 0.4) is 0 Å². The van der Waals surface area contributed by atoms with E-state index in [1.807, 2.05) is 0 Å². The fourth-order valence-corrected chi connectivity index (χ4v) is 7.85. The summed E-state index contributed by atoms with van der Waals surface area (Å²) in [5.74, 6) is 1.70. The molecule has 0 aliphatic rings. The number of hydrogen-bond acceptors (Lipinski definition) is 0. The minimum Gasteiger partial charge on any atom is -0.0817 e. The summed E-state index contributed by atoms with van der Waals surface area (Å²) in [6, 6.07) is 31.8. The molecule has 5 aromatic carbocycles. The molecule has 0 aliphatic heterocycles. The SMILES string of the molecule is CC\C(C)=C/C(=C\C=C(C)\C(C)=C\C=C/C=C(\C)CC)c1c2ccccc2c(C(/C=C\C(C)C(C)/C=C\C=C/C(C)CC)=C/C(C)C)c2cc(-c3cccc4ccccc34)ccc12. The van der Waals surface area contributed by atoms with E-state index in [0.717, 1.165) is 19.3 Å². The molecule has 0 N–H and O–H groups in total. The van der Waals surface area contributed by atoms with Crippen LogP contribution < -0.4 is 0 Å². The average molecular weight is 831 g/mol. The van der Waals surface area contributed by atoms with Crippen LogP contribution in [0.15, 0.2) is 192 Å². The minimum atomic E-state index is 0.355. The molecule has 0 heteroatoms. The highest BCUT2D eigenvalue weighted by Crippen LogP contribution is 2.43. The van der Waals surface area contributed by atoms with Crippen molar-refractivity contribution in [2.45, 2.75) is 102 Å². The van der Waals surface area contributed by atoms with Gasteiger partial charge in [-0.15, -0.1) is 0 Å². The number of rotatable bonds is 18. The number of benzene rings is 5. The summed E-state index contributed by atoms with van der Waals surface area (Å²) in [4.78, 5) is 0. The Labute approximate surface area is 382 Å². The van der Waals surface area contributed by atoms with Gasteiger partial charge in [0.05, 0.1) is 0 Å². The van der Waals surface area contributed by atoms with Gasteiger partial charge in [-0.05, 0) is 147 Å². The van der Waals surface area contributed by atoms with Crippen molar-refractivity contribution in [3.63, 3.8) is 0 Å². The summed E-state index contributed by atoms with van der Waals surface area (Å²) in [6.45, 7) is 27.1. The normalized spacial score (nSPS) is 15.8. The Balaban J connectivity index is 1.81. The van der Waals surface area contributed by atoms with Gasteiger partial charge in [-0.25, -0.2) is 0 Å². The lowest BCUT2D eigenvalue weighted by Gasteiger charge is -2.21. The largest absolute Gasteiger partial charge is 0.0817 e. The molecular weight excluding hydrogens is 757 g/mol. The fraction of sp³-hybridized carbons (Fsp3) is 0.302. The quantitative estimate of drug-likeness (QED) is 0.0610. The summed E-state index contributed by atoms with van der Waals surface area (Å²) in [5, 5.41) is 7.60. The molecule has 0 saturated carbocycles. The third kappa shape index (κ3) is 12.9. The van der Waals surface area contributed by atoms with Gasteiger partial charge in [-0.1, -0.05) is 237 Å². The van der Waals surface area contributed by atoms with Crippen LogP contribution in [0.2, 0.25) is 0 Å². The Hall–Kier alpha value is -5.72. The molecule has 326 valence electrons. The number of fused-ring (bicyclic) bond motifs is 3. The average Bonchev–Trinajstić information content (AvgIpc) is 3.29. The zero-order chi connectivity index (χ0) is 45.5. The van der Waals surface area contributed by atoms with Crippen molar-refractivity contribution >= 4 is 43.5 Å². The molecule has 0 aliphatic carbocycles. The lowest BCUT2D eigenvalue weighted by Crippen LogP contribution is -2.02. The monoisotopic (exact) mass is 831 g/mol. The van der Waals surface area contributed by atoms with Gasteiger partial charge in [0.25, 0.3) is 0 Å². The zero-order valence-electron chi connectivity index (χ0n) is 40.6. The lowest BCUT2D eigenvalue weighted by atomic mass is 9.82. The molecule has 0 nitrogen and oxygen atoms in total. The van der Waals surface area contributed by atoms with E-state index in [1.54, 1.807) is 0 Å². The fourth-order valence-electron chi connectivity index (χ4n) is 7.85.